The van der Waals surface area contributed by atoms with E-state index in [9.17, 15) is 0 Å². The summed E-state index contributed by atoms with van der Waals surface area (Å²) >= 11 is 5.81. The normalized spacial score (nSPS) is 10.9. The van der Waals surface area contributed by atoms with Crippen molar-refractivity contribution in [3.63, 3.8) is 0 Å². The van der Waals surface area contributed by atoms with Gasteiger partial charge in [0.15, 0.2) is 0 Å². The van der Waals surface area contributed by atoms with Gasteiger partial charge >= 0.3 is 0 Å². The molecule has 0 bridgehead atoms. The Balaban J connectivity index is 2.18. The van der Waals surface area contributed by atoms with Crippen LogP contribution in [0.1, 0.15) is 17.0 Å². The zero-order valence-electron chi connectivity index (χ0n) is 9.02. The summed E-state index contributed by atoms with van der Waals surface area (Å²) < 4.78 is 0. The predicted molar refractivity (Wildman–Crippen MR) is 69.4 cm³/mol. The van der Waals surface area contributed by atoms with E-state index in [0.717, 1.165) is 22.0 Å². The number of rotatable bonds is 2. The number of aryl methyl sites for hydroxylation is 1. The minimum atomic E-state index is 0.755. The van der Waals surface area contributed by atoms with Crippen LogP contribution in [0.4, 0.5) is 0 Å². The van der Waals surface area contributed by atoms with Crippen LogP contribution in [0.5, 0.6) is 0 Å². The first-order valence-electron chi connectivity index (χ1n) is 5.11. The lowest BCUT2D eigenvalue weighted by atomic mass is 10.2. The summed E-state index contributed by atoms with van der Waals surface area (Å²) in [5.74, 6) is 0. The van der Waals surface area contributed by atoms with E-state index in [1.54, 1.807) is 0 Å². The molecule has 16 heavy (non-hydrogen) atoms. The summed E-state index contributed by atoms with van der Waals surface area (Å²) in [6, 6.07) is 13.7. The third-order valence-corrected chi connectivity index (χ3v) is 2.48. The highest BCUT2D eigenvalue weighted by atomic mass is 35.5. The van der Waals surface area contributed by atoms with Gasteiger partial charge in [0.1, 0.15) is 0 Å². The first kappa shape index (κ1) is 10.9. The SMILES string of the molecule is Cc1cccc(/C=C/c2ccc(Cl)cc2)n1. The van der Waals surface area contributed by atoms with Crippen molar-refractivity contribution in [1.82, 2.24) is 4.98 Å². The van der Waals surface area contributed by atoms with Gasteiger partial charge in [-0.3, -0.25) is 4.98 Å². The van der Waals surface area contributed by atoms with Crippen LogP contribution in [0.2, 0.25) is 5.02 Å². The molecule has 0 radical (unpaired) electrons. The average molecular weight is 230 g/mol. The van der Waals surface area contributed by atoms with Crippen molar-refractivity contribution in [2.24, 2.45) is 0 Å². The van der Waals surface area contributed by atoms with Crippen LogP contribution >= 0.6 is 11.6 Å². The van der Waals surface area contributed by atoms with E-state index in [1.165, 1.54) is 0 Å². The van der Waals surface area contributed by atoms with Gasteiger partial charge in [-0.1, -0.05) is 35.9 Å². The number of nitrogens with zero attached hydrogens (tertiary/aromatic N) is 1. The molecule has 1 aromatic heterocycles. The highest BCUT2D eigenvalue weighted by Crippen LogP contribution is 2.12. The molecule has 0 aliphatic carbocycles. The van der Waals surface area contributed by atoms with Crippen LogP contribution in [0, 0.1) is 6.92 Å². The van der Waals surface area contributed by atoms with Crippen LogP contribution in [0.25, 0.3) is 12.2 Å². The molecular weight excluding hydrogens is 218 g/mol. The molecule has 1 nitrogen and oxygen atoms in total. The maximum atomic E-state index is 5.81. The first-order valence-corrected chi connectivity index (χ1v) is 5.49. The van der Waals surface area contributed by atoms with E-state index in [2.05, 4.69) is 4.98 Å². The van der Waals surface area contributed by atoms with Crippen molar-refractivity contribution < 1.29 is 0 Å². The molecule has 0 amide bonds. The predicted octanol–water partition coefficient (Wildman–Crippen LogP) is 4.21. The molecule has 80 valence electrons. The summed E-state index contributed by atoms with van der Waals surface area (Å²) in [4.78, 5) is 4.39. The highest BCUT2D eigenvalue weighted by Gasteiger charge is 1.90. The monoisotopic (exact) mass is 229 g/mol. The Bertz CT molecular complexity index is 500. The van der Waals surface area contributed by atoms with Crippen molar-refractivity contribution in [3.05, 3.63) is 64.4 Å². The number of benzene rings is 1. The largest absolute Gasteiger partial charge is 0.254 e. The Kier molecular flexibility index (Phi) is 3.37. The molecule has 0 unspecified atom stereocenters. The van der Waals surface area contributed by atoms with Crippen LogP contribution in [-0.2, 0) is 0 Å². The maximum Gasteiger partial charge on any atom is 0.0633 e. The van der Waals surface area contributed by atoms with Gasteiger partial charge in [0, 0.05) is 10.7 Å². The van der Waals surface area contributed by atoms with Gasteiger partial charge < -0.3 is 0 Å². The molecule has 0 spiro atoms. The Morgan fingerprint density at radius 3 is 2.44 bits per heavy atom. The van der Waals surface area contributed by atoms with Crippen molar-refractivity contribution in [1.29, 1.82) is 0 Å². The second kappa shape index (κ2) is 4.95. The molecule has 0 saturated carbocycles. The van der Waals surface area contributed by atoms with Gasteiger partial charge in [-0.15, -0.1) is 0 Å². The molecule has 2 aromatic rings. The third-order valence-electron chi connectivity index (χ3n) is 2.23. The summed E-state index contributed by atoms with van der Waals surface area (Å²) in [5.41, 5.74) is 3.11. The third kappa shape index (κ3) is 2.94. The van der Waals surface area contributed by atoms with Crippen LogP contribution in [0.3, 0.4) is 0 Å². The lowest BCUT2D eigenvalue weighted by molar-refractivity contribution is 1.18. The number of hydrogen-bond acceptors (Lipinski definition) is 1. The molecular formula is C14H12ClN. The fraction of sp³-hybridized carbons (Fsp3) is 0.0714. The van der Waals surface area contributed by atoms with Gasteiger partial charge in [0.05, 0.1) is 5.69 Å². The molecule has 0 N–H and O–H groups in total. The molecule has 0 saturated heterocycles. The fourth-order valence-electron chi connectivity index (χ4n) is 1.41. The zero-order valence-corrected chi connectivity index (χ0v) is 9.78. The molecule has 0 atom stereocenters. The molecule has 1 heterocycles. The Labute approximate surface area is 100 Å². The van der Waals surface area contributed by atoms with E-state index >= 15 is 0 Å². The smallest absolute Gasteiger partial charge is 0.0633 e. The highest BCUT2D eigenvalue weighted by molar-refractivity contribution is 6.30. The molecule has 2 rings (SSSR count). The number of hydrogen-bond donors (Lipinski definition) is 0. The number of pyridine rings is 1. The van der Waals surface area contributed by atoms with Gasteiger partial charge in [0.2, 0.25) is 0 Å². The van der Waals surface area contributed by atoms with E-state index in [-0.39, 0.29) is 0 Å². The molecule has 0 aliphatic heterocycles. The summed E-state index contributed by atoms with van der Waals surface area (Å²) in [7, 11) is 0. The van der Waals surface area contributed by atoms with Crippen molar-refractivity contribution >= 4 is 23.8 Å². The van der Waals surface area contributed by atoms with Crippen LogP contribution < -0.4 is 0 Å². The van der Waals surface area contributed by atoms with E-state index in [0.29, 0.717) is 0 Å². The second-order valence-corrected chi connectivity index (χ2v) is 4.03. The van der Waals surface area contributed by atoms with E-state index in [4.69, 9.17) is 11.6 Å². The molecule has 0 fully saturated rings. The Morgan fingerprint density at radius 2 is 1.75 bits per heavy atom. The molecule has 1 aromatic carbocycles. The van der Waals surface area contributed by atoms with Gasteiger partial charge in [0.25, 0.3) is 0 Å². The van der Waals surface area contributed by atoms with Gasteiger partial charge in [-0.25, -0.2) is 0 Å². The number of aromatic nitrogens is 1. The van der Waals surface area contributed by atoms with E-state index < -0.39 is 0 Å². The maximum absolute atomic E-state index is 5.81. The minimum Gasteiger partial charge on any atom is -0.254 e. The molecule has 2 heteroatoms. The first-order chi connectivity index (χ1) is 7.74. The number of halogens is 1. The summed E-state index contributed by atoms with van der Waals surface area (Å²) in [6.07, 6.45) is 4.02. The Hall–Kier alpha value is -1.60. The van der Waals surface area contributed by atoms with Gasteiger partial charge in [-0.2, -0.15) is 0 Å². The minimum absolute atomic E-state index is 0.755. The quantitative estimate of drug-likeness (QED) is 0.752. The summed E-state index contributed by atoms with van der Waals surface area (Å²) in [5, 5.41) is 0.755. The van der Waals surface area contributed by atoms with Gasteiger partial charge in [-0.05, 0) is 42.8 Å². The van der Waals surface area contributed by atoms with Crippen LogP contribution in [-0.4, -0.2) is 4.98 Å². The standard InChI is InChI=1S/C14H12ClN/c1-11-3-2-4-14(16-11)10-7-12-5-8-13(15)9-6-12/h2-10H,1H3/b10-7+. The van der Waals surface area contributed by atoms with E-state index in [1.807, 2.05) is 61.5 Å². The van der Waals surface area contributed by atoms with Crippen molar-refractivity contribution in [2.45, 2.75) is 6.92 Å². The summed E-state index contributed by atoms with van der Waals surface area (Å²) in [6.45, 7) is 1.99. The molecule has 0 aliphatic rings. The fourth-order valence-corrected chi connectivity index (χ4v) is 1.54. The van der Waals surface area contributed by atoms with Crippen molar-refractivity contribution in [2.75, 3.05) is 0 Å². The average Bonchev–Trinajstić information content (AvgIpc) is 2.28. The lowest BCUT2D eigenvalue weighted by Crippen LogP contribution is -1.83. The van der Waals surface area contributed by atoms with Crippen LogP contribution in [0.15, 0.2) is 42.5 Å². The topological polar surface area (TPSA) is 12.9 Å². The van der Waals surface area contributed by atoms with Crippen molar-refractivity contribution in [3.8, 4) is 0 Å². The second-order valence-electron chi connectivity index (χ2n) is 3.59. The Morgan fingerprint density at radius 1 is 1.00 bits per heavy atom. The lowest BCUT2D eigenvalue weighted by Gasteiger charge is -1.96. The zero-order chi connectivity index (χ0) is 11.4.